The van der Waals surface area contributed by atoms with E-state index < -0.39 is 22.8 Å². The van der Waals surface area contributed by atoms with Gasteiger partial charge in [0.15, 0.2) is 0 Å². The zero-order valence-corrected chi connectivity index (χ0v) is 21.0. The molecule has 0 aliphatic carbocycles. The molecule has 0 bridgehead atoms. The molecule has 0 unspecified atom stereocenters. The molecule has 2 aromatic carbocycles. The molecule has 2 aliphatic rings. The van der Waals surface area contributed by atoms with Crippen molar-refractivity contribution in [3.63, 3.8) is 0 Å². The fraction of sp³-hybridized carbons (Fsp3) is 0.308. The van der Waals surface area contributed by atoms with E-state index in [1.165, 1.54) is 30.3 Å². The molecule has 2 aliphatic heterocycles. The number of carbonyl (C=O) groups excluding carboxylic acids is 2. The Balaban J connectivity index is 1.68. The normalized spacial score (nSPS) is 18.6. The molecule has 8 heteroatoms. The van der Waals surface area contributed by atoms with E-state index >= 15 is 4.39 Å². The lowest BCUT2D eigenvalue weighted by Gasteiger charge is -2.43. The third-order valence-electron chi connectivity index (χ3n) is 6.08. The molecule has 0 saturated carbocycles. The van der Waals surface area contributed by atoms with Crippen molar-refractivity contribution in [2.45, 2.75) is 46.2 Å². The molecule has 4 nitrogen and oxygen atoms in total. The van der Waals surface area contributed by atoms with Crippen LogP contribution in [0.3, 0.4) is 0 Å². The number of thioether (sulfide) groups is 1. The van der Waals surface area contributed by atoms with Crippen LogP contribution in [0.4, 0.5) is 19.3 Å². The zero-order valence-electron chi connectivity index (χ0n) is 19.4. The number of anilines is 1. The summed E-state index contributed by atoms with van der Waals surface area (Å²) in [5.41, 5.74) is 2.74. The van der Waals surface area contributed by atoms with Crippen molar-refractivity contribution in [3.05, 3.63) is 74.7 Å². The van der Waals surface area contributed by atoms with Gasteiger partial charge in [-0.25, -0.2) is 8.78 Å². The fourth-order valence-electron chi connectivity index (χ4n) is 4.48. The van der Waals surface area contributed by atoms with Gasteiger partial charge in [0.25, 0.3) is 11.1 Å². The first-order valence-electron chi connectivity index (χ1n) is 11.0. The largest absolute Gasteiger partial charge is 0.362 e. The molecular weight excluding hydrogens is 478 g/mol. The number of hydrogen-bond donors (Lipinski definition) is 0. The van der Waals surface area contributed by atoms with Crippen molar-refractivity contribution in [1.82, 2.24) is 4.90 Å². The first kappa shape index (κ1) is 24.5. The highest BCUT2D eigenvalue weighted by atomic mass is 35.5. The minimum Gasteiger partial charge on any atom is -0.362 e. The Morgan fingerprint density at radius 2 is 1.88 bits per heavy atom. The van der Waals surface area contributed by atoms with Gasteiger partial charge in [-0.15, -0.1) is 0 Å². The number of nitrogens with zero attached hydrogens (tertiary/aromatic N) is 2. The Kier molecular flexibility index (Phi) is 6.62. The quantitative estimate of drug-likeness (QED) is 0.403. The second-order valence-electron chi connectivity index (χ2n) is 8.99. The molecule has 2 heterocycles. The first-order chi connectivity index (χ1) is 16.0. The molecule has 0 radical (unpaired) electrons. The Morgan fingerprint density at radius 1 is 1.15 bits per heavy atom. The molecule has 4 rings (SSSR count). The molecule has 1 saturated heterocycles. The maximum absolute atomic E-state index is 15.2. The average molecular weight is 503 g/mol. The van der Waals surface area contributed by atoms with E-state index in [1.54, 1.807) is 6.07 Å². The monoisotopic (exact) mass is 502 g/mol. The van der Waals surface area contributed by atoms with Gasteiger partial charge in [-0.3, -0.25) is 14.5 Å². The predicted molar refractivity (Wildman–Crippen MR) is 135 cm³/mol. The lowest BCUT2D eigenvalue weighted by molar-refractivity contribution is -0.123. The smallest absolute Gasteiger partial charge is 0.293 e. The Morgan fingerprint density at radius 3 is 2.56 bits per heavy atom. The van der Waals surface area contributed by atoms with E-state index in [0.29, 0.717) is 11.8 Å². The van der Waals surface area contributed by atoms with E-state index in [9.17, 15) is 14.0 Å². The second-order valence-corrected chi connectivity index (χ2v) is 10.4. The topological polar surface area (TPSA) is 40.6 Å². The van der Waals surface area contributed by atoms with Gasteiger partial charge in [0.2, 0.25) is 0 Å². The van der Waals surface area contributed by atoms with Crippen molar-refractivity contribution < 1.29 is 18.4 Å². The van der Waals surface area contributed by atoms with Gasteiger partial charge in [-0.05, 0) is 74.9 Å². The number of benzene rings is 2. The molecule has 0 atom stereocenters. The summed E-state index contributed by atoms with van der Waals surface area (Å²) in [6.07, 6.45) is 4.46. The summed E-state index contributed by atoms with van der Waals surface area (Å²) < 4.78 is 29.4. The summed E-state index contributed by atoms with van der Waals surface area (Å²) in [5.74, 6) is -1.68. The molecule has 34 heavy (non-hydrogen) atoms. The van der Waals surface area contributed by atoms with Gasteiger partial charge in [0.05, 0.1) is 17.0 Å². The number of carbonyl (C=O) groups is 2. The molecule has 2 amide bonds. The Labute approximate surface area is 207 Å². The van der Waals surface area contributed by atoms with Crippen molar-refractivity contribution >= 4 is 51.8 Å². The van der Waals surface area contributed by atoms with Crippen LogP contribution in [0.15, 0.2) is 41.3 Å². The molecule has 178 valence electrons. The average Bonchev–Trinajstić information content (AvgIpc) is 3.01. The third-order valence-corrected chi connectivity index (χ3v) is 7.34. The van der Waals surface area contributed by atoms with Crippen LogP contribution in [-0.4, -0.2) is 28.1 Å². The summed E-state index contributed by atoms with van der Waals surface area (Å²) >= 11 is 6.76. The van der Waals surface area contributed by atoms with Gasteiger partial charge in [0, 0.05) is 33.9 Å². The number of allylic oxidation sites excluding steroid dienone is 1. The maximum Gasteiger partial charge on any atom is 0.293 e. The number of fused-ring (bicyclic) bond motifs is 1. The second kappa shape index (κ2) is 9.19. The van der Waals surface area contributed by atoms with Gasteiger partial charge in [-0.1, -0.05) is 30.7 Å². The van der Waals surface area contributed by atoms with E-state index in [1.807, 2.05) is 6.92 Å². The number of halogens is 3. The summed E-state index contributed by atoms with van der Waals surface area (Å²) in [6, 6.07) is 7.38. The van der Waals surface area contributed by atoms with Crippen molar-refractivity contribution in [2.75, 3.05) is 11.4 Å². The Hall–Kier alpha value is -2.64. The van der Waals surface area contributed by atoms with Crippen LogP contribution < -0.4 is 4.90 Å². The van der Waals surface area contributed by atoms with Crippen molar-refractivity contribution in [3.8, 4) is 0 Å². The molecule has 0 N–H and O–H groups in total. The van der Waals surface area contributed by atoms with Crippen LogP contribution in [0.5, 0.6) is 0 Å². The van der Waals surface area contributed by atoms with Crippen LogP contribution in [0, 0.1) is 11.6 Å². The highest BCUT2D eigenvalue weighted by molar-refractivity contribution is 8.18. The van der Waals surface area contributed by atoms with E-state index in [4.69, 9.17) is 11.6 Å². The molecule has 0 aromatic heterocycles. The minimum absolute atomic E-state index is 0.0621. The van der Waals surface area contributed by atoms with Gasteiger partial charge >= 0.3 is 0 Å². The minimum atomic E-state index is -0.604. The summed E-state index contributed by atoms with van der Waals surface area (Å²) in [7, 11) is 0. The third kappa shape index (κ3) is 4.39. The molecule has 0 spiro atoms. The zero-order chi connectivity index (χ0) is 24.8. The van der Waals surface area contributed by atoms with Crippen LogP contribution in [0.1, 0.15) is 50.8 Å². The van der Waals surface area contributed by atoms with Gasteiger partial charge in [0.1, 0.15) is 11.6 Å². The van der Waals surface area contributed by atoms with Crippen LogP contribution in [0.2, 0.25) is 5.02 Å². The lowest BCUT2D eigenvalue weighted by atomic mass is 9.87. The summed E-state index contributed by atoms with van der Waals surface area (Å²) in [6.45, 7) is 8.74. The van der Waals surface area contributed by atoms with Crippen molar-refractivity contribution in [2.24, 2.45) is 0 Å². The highest BCUT2D eigenvalue weighted by Crippen LogP contribution is 2.41. The molecule has 1 fully saturated rings. The number of amides is 2. The SMILES string of the molecule is CCCN1c2cc(F)c(/C=C3/SC(=O)N(Cc4c(F)cccc4Cl)C3=O)cc2C(C)=CC1(C)C. The van der Waals surface area contributed by atoms with Gasteiger partial charge < -0.3 is 4.90 Å². The molecular formula is C26H25ClF2N2O2S. The predicted octanol–water partition coefficient (Wildman–Crippen LogP) is 7.27. The summed E-state index contributed by atoms with van der Waals surface area (Å²) in [4.78, 5) is 28.6. The van der Waals surface area contributed by atoms with E-state index in [2.05, 4.69) is 31.7 Å². The van der Waals surface area contributed by atoms with Crippen LogP contribution in [0.25, 0.3) is 11.6 Å². The highest BCUT2D eigenvalue weighted by Gasteiger charge is 2.37. The number of rotatable bonds is 5. The first-order valence-corrected chi connectivity index (χ1v) is 12.2. The summed E-state index contributed by atoms with van der Waals surface area (Å²) in [5, 5.41) is -0.425. The fourth-order valence-corrected chi connectivity index (χ4v) is 5.53. The molecule has 2 aromatic rings. The number of hydrogen-bond acceptors (Lipinski definition) is 4. The van der Waals surface area contributed by atoms with Gasteiger partial charge in [-0.2, -0.15) is 0 Å². The van der Waals surface area contributed by atoms with E-state index in [-0.39, 0.29) is 33.1 Å². The lowest BCUT2D eigenvalue weighted by Crippen LogP contribution is -2.45. The Bertz CT molecular complexity index is 1240. The standard InChI is InChI=1S/C26H25ClF2N2O2S/c1-5-9-31-22-12-21(29)16(10-17(22)15(2)13-26(31,3)4)11-23-24(32)30(25(33)34-23)14-18-19(27)7-6-8-20(18)28/h6-8,10-13H,5,9,14H2,1-4H3/b23-11+. The van der Waals surface area contributed by atoms with E-state index in [0.717, 1.165) is 34.7 Å². The van der Waals surface area contributed by atoms with Crippen LogP contribution >= 0.6 is 23.4 Å². The number of imide groups is 1. The van der Waals surface area contributed by atoms with Crippen molar-refractivity contribution in [1.29, 1.82) is 0 Å². The van der Waals surface area contributed by atoms with Crippen LogP contribution in [-0.2, 0) is 11.3 Å². The maximum atomic E-state index is 15.2.